The SMILES string of the molecule is CC(=O)NC[C@H]1CN(c2ccc(N/C=N\c3noc(Cc4ccccc4)n3)c(F)c2)C(=O)O1. The normalized spacial score (nSPS) is 15.6. The van der Waals surface area contributed by atoms with E-state index in [1.54, 1.807) is 6.07 Å². The molecule has 2 N–H and O–H groups in total. The Kier molecular flexibility index (Phi) is 6.58. The van der Waals surface area contributed by atoms with Gasteiger partial charge in [0.25, 0.3) is 5.95 Å². The highest BCUT2D eigenvalue weighted by Gasteiger charge is 2.32. The van der Waals surface area contributed by atoms with E-state index in [1.165, 1.54) is 30.3 Å². The summed E-state index contributed by atoms with van der Waals surface area (Å²) in [7, 11) is 0. The molecule has 2 aromatic carbocycles. The van der Waals surface area contributed by atoms with E-state index in [-0.39, 0.29) is 30.6 Å². The molecule has 0 bridgehead atoms. The first-order valence-corrected chi connectivity index (χ1v) is 10.2. The molecule has 2 amide bonds. The van der Waals surface area contributed by atoms with Crippen molar-refractivity contribution in [1.82, 2.24) is 15.5 Å². The van der Waals surface area contributed by atoms with Gasteiger partial charge < -0.3 is 19.9 Å². The third-order valence-electron chi connectivity index (χ3n) is 4.77. The van der Waals surface area contributed by atoms with E-state index < -0.39 is 18.0 Å². The molecule has 10 nitrogen and oxygen atoms in total. The first-order chi connectivity index (χ1) is 16.0. The second kappa shape index (κ2) is 9.90. The van der Waals surface area contributed by atoms with Gasteiger partial charge in [-0.15, -0.1) is 0 Å². The number of carbonyl (C=O) groups is 2. The van der Waals surface area contributed by atoms with Gasteiger partial charge >= 0.3 is 6.09 Å². The number of hydrogen-bond donors (Lipinski definition) is 2. The molecule has 0 spiro atoms. The third kappa shape index (κ3) is 5.70. The van der Waals surface area contributed by atoms with Crippen molar-refractivity contribution in [3.63, 3.8) is 0 Å². The molecule has 2 heterocycles. The third-order valence-corrected chi connectivity index (χ3v) is 4.77. The zero-order valence-electron chi connectivity index (χ0n) is 17.7. The molecular weight excluding hydrogens is 431 g/mol. The fourth-order valence-corrected chi connectivity index (χ4v) is 3.19. The van der Waals surface area contributed by atoms with Gasteiger partial charge in [-0.2, -0.15) is 9.98 Å². The van der Waals surface area contributed by atoms with Crippen LogP contribution >= 0.6 is 0 Å². The molecule has 1 atom stereocenters. The van der Waals surface area contributed by atoms with Crippen LogP contribution in [0.2, 0.25) is 0 Å². The van der Waals surface area contributed by atoms with Crippen LogP contribution in [-0.2, 0) is 16.0 Å². The lowest BCUT2D eigenvalue weighted by atomic mass is 10.2. The Balaban J connectivity index is 1.34. The van der Waals surface area contributed by atoms with E-state index in [2.05, 4.69) is 25.8 Å². The summed E-state index contributed by atoms with van der Waals surface area (Å²) in [6.45, 7) is 1.77. The number of cyclic esters (lactones) is 1. The molecule has 0 aliphatic carbocycles. The van der Waals surface area contributed by atoms with Crippen LogP contribution in [0.3, 0.4) is 0 Å². The summed E-state index contributed by atoms with van der Waals surface area (Å²) in [6.07, 6.45) is 0.631. The lowest BCUT2D eigenvalue weighted by Gasteiger charge is -2.14. The number of aliphatic imine (C=N–C) groups is 1. The number of amides is 2. The van der Waals surface area contributed by atoms with Crippen LogP contribution in [0.1, 0.15) is 18.4 Å². The highest BCUT2D eigenvalue weighted by Crippen LogP contribution is 2.25. The number of anilines is 2. The summed E-state index contributed by atoms with van der Waals surface area (Å²) < 4.78 is 24.9. The van der Waals surface area contributed by atoms with Gasteiger partial charge in [-0.3, -0.25) is 9.69 Å². The summed E-state index contributed by atoms with van der Waals surface area (Å²) in [4.78, 5) is 32.6. The molecule has 1 fully saturated rings. The van der Waals surface area contributed by atoms with Crippen molar-refractivity contribution in [2.75, 3.05) is 23.3 Å². The van der Waals surface area contributed by atoms with Crippen molar-refractivity contribution >= 4 is 35.7 Å². The fourth-order valence-electron chi connectivity index (χ4n) is 3.19. The van der Waals surface area contributed by atoms with Crippen LogP contribution in [0, 0.1) is 5.82 Å². The van der Waals surface area contributed by atoms with Crippen LogP contribution in [-0.4, -0.2) is 47.7 Å². The molecule has 0 saturated carbocycles. The van der Waals surface area contributed by atoms with Gasteiger partial charge in [0.15, 0.2) is 0 Å². The Hall–Kier alpha value is -4.28. The second-order valence-corrected chi connectivity index (χ2v) is 7.27. The van der Waals surface area contributed by atoms with Crippen molar-refractivity contribution in [3.8, 4) is 0 Å². The minimum atomic E-state index is -0.601. The molecule has 1 aliphatic heterocycles. The lowest BCUT2D eigenvalue weighted by Crippen LogP contribution is -2.33. The van der Waals surface area contributed by atoms with Crippen LogP contribution in [0.25, 0.3) is 0 Å². The van der Waals surface area contributed by atoms with Gasteiger partial charge in [-0.1, -0.05) is 30.3 Å². The topological polar surface area (TPSA) is 122 Å². The zero-order chi connectivity index (χ0) is 23.2. The number of benzene rings is 2. The van der Waals surface area contributed by atoms with Gasteiger partial charge in [0.1, 0.15) is 11.9 Å². The predicted octanol–water partition coefficient (Wildman–Crippen LogP) is 3.03. The summed E-state index contributed by atoms with van der Waals surface area (Å²) in [6, 6.07) is 13.9. The number of halogens is 1. The highest BCUT2D eigenvalue weighted by molar-refractivity contribution is 5.90. The van der Waals surface area contributed by atoms with Gasteiger partial charge in [0, 0.05) is 6.92 Å². The number of carbonyl (C=O) groups excluding carboxylic acids is 2. The Morgan fingerprint density at radius 3 is 2.88 bits per heavy atom. The maximum absolute atomic E-state index is 14.5. The van der Waals surface area contributed by atoms with Crippen molar-refractivity contribution in [2.24, 2.45) is 4.99 Å². The minimum absolute atomic E-state index is 0.107. The van der Waals surface area contributed by atoms with Gasteiger partial charge in [-0.25, -0.2) is 9.18 Å². The van der Waals surface area contributed by atoms with E-state index in [0.29, 0.717) is 18.0 Å². The molecule has 3 aromatic rings. The summed E-state index contributed by atoms with van der Waals surface area (Å²) >= 11 is 0. The molecule has 11 heteroatoms. The molecule has 0 unspecified atom stereocenters. The summed E-state index contributed by atoms with van der Waals surface area (Å²) in [5.74, 6) is -0.288. The maximum atomic E-state index is 14.5. The van der Waals surface area contributed by atoms with Gasteiger partial charge in [0.2, 0.25) is 11.8 Å². The van der Waals surface area contributed by atoms with E-state index in [4.69, 9.17) is 9.26 Å². The molecule has 170 valence electrons. The average molecular weight is 452 g/mol. The van der Waals surface area contributed by atoms with Crippen LogP contribution in [0.5, 0.6) is 0 Å². The summed E-state index contributed by atoms with van der Waals surface area (Å²) in [5, 5.41) is 9.08. The van der Waals surface area contributed by atoms with Crippen molar-refractivity contribution < 1.29 is 23.2 Å². The zero-order valence-corrected chi connectivity index (χ0v) is 17.7. The van der Waals surface area contributed by atoms with E-state index >= 15 is 0 Å². The largest absolute Gasteiger partial charge is 0.442 e. The highest BCUT2D eigenvalue weighted by atomic mass is 19.1. The monoisotopic (exact) mass is 452 g/mol. The number of ether oxygens (including phenoxy) is 1. The number of nitrogens with zero attached hydrogens (tertiary/aromatic N) is 4. The molecule has 1 aromatic heterocycles. The number of nitrogens with one attached hydrogen (secondary N) is 2. The molecule has 4 rings (SSSR count). The molecular formula is C22H21FN6O4. The second-order valence-electron chi connectivity index (χ2n) is 7.27. The standard InChI is InChI=1S/C22H21FN6O4/c1-14(30)24-11-17-12-29(22(31)32-17)16-7-8-19(18(23)10-16)25-13-26-21-27-20(33-28-21)9-15-5-3-2-4-6-15/h2-8,10,13,17H,9,11-12H2,1H3,(H,24,30)(H,25,26,28)/t17-/m0/s1. The van der Waals surface area contributed by atoms with Crippen molar-refractivity contribution in [2.45, 2.75) is 19.4 Å². The van der Waals surface area contributed by atoms with Crippen LogP contribution in [0.4, 0.5) is 26.5 Å². The number of rotatable bonds is 8. The van der Waals surface area contributed by atoms with Gasteiger partial charge in [-0.05, 0) is 28.9 Å². The van der Waals surface area contributed by atoms with Crippen molar-refractivity contribution in [3.05, 3.63) is 65.8 Å². The Bertz CT molecular complexity index is 1170. The quantitative estimate of drug-likeness (QED) is 0.398. The molecule has 1 saturated heterocycles. The van der Waals surface area contributed by atoms with Gasteiger partial charge in [0.05, 0.1) is 37.2 Å². The Labute approximate surface area is 188 Å². The van der Waals surface area contributed by atoms with E-state index in [9.17, 15) is 14.0 Å². The Morgan fingerprint density at radius 2 is 2.12 bits per heavy atom. The fraction of sp³-hybridized carbons (Fsp3) is 0.227. The van der Waals surface area contributed by atoms with E-state index in [0.717, 1.165) is 5.56 Å². The minimum Gasteiger partial charge on any atom is -0.442 e. The molecule has 33 heavy (non-hydrogen) atoms. The molecule has 0 radical (unpaired) electrons. The smallest absolute Gasteiger partial charge is 0.414 e. The summed E-state index contributed by atoms with van der Waals surface area (Å²) in [5.41, 5.74) is 1.52. The predicted molar refractivity (Wildman–Crippen MR) is 118 cm³/mol. The average Bonchev–Trinajstić information content (AvgIpc) is 3.40. The number of aromatic nitrogens is 2. The van der Waals surface area contributed by atoms with Crippen LogP contribution < -0.4 is 15.5 Å². The lowest BCUT2D eigenvalue weighted by molar-refractivity contribution is -0.119. The number of hydrogen-bond acceptors (Lipinski definition) is 7. The van der Waals surface area contributed by atoms with E-state index in [1.807, 2.05) is 30.3 Å². The Morgan fingerprint density at radius 1 is 1.30 bits per heavy atom. The molecule has 1 aliphatic rings. The first kappa shape index (κ1) is 21.9. The van der Waals surface area contributed by atoms with Crippen molar-refractivity contribution in [1.29, 1.82) is 0 Å². The van der Waals surface area contributed by atoms with Crippen LogP contribution in [0.15, 0.2) is 58.0 Å². The first-order valence-electron chi connectivity index (χ1n) is 10.2. The maximum Gasteiger partial charge on any atom is 0.414 e.